The molecule has 0 radical (unpaired) electrons. The van der Waals surface area contributed by atoms with E-state index in [-0.39, 0.29) is 12.3 Å². The quantitative estimate of drug-likeness (QED) is 0.817. The summed E-state index contributed by atoms with van der Waals surface area (Å²) < 4.78 is 6.63. The third kappa shape index (κ3) is 1.92. The highest BCUT2D eigenvalue weighted by Crippen LogP contribution is 2.20. The van der Waals surface area contributed by atoms with Crippen molar-refractivity contribution in [3.8, 4) is 0 Å². The summed E-state index contributed by atoms with van der Waals surface area (Å²) in [7, 11) is 1.52. The van der Waals surface area contributed by atoms with E-state index in [1.54, 1.807) is 16.7 Å². The standard InChI is InChI=1S/C12H11NO4/c1-17-7-13-10(6-14)4-8-2-3-9(12(15)16)5-11(8)13/h2-6H,7H2,1H3,(H,15,16). The molecule has 5 heteroatoms. The topological polar surface area (TPSA) is 68.5 Å². The van der Waals surface area contributed by atoms with Gasteiger partial charge in [-0.15, -0.1) is 0 Å². The lowest BCUT2D eigenvalue weighted by Gasteiger charge is -2.05. The first-order chi connectivity index (χ1) is 8.17. The van der Waals surface area contributed by atoms with Crippen molar-refractivity contribution in [3.63, 3.8) is 0 Å². The zero-order valence-corrected chi connectivity index (χ0v) is 9.21. The lowest BCUT2D eigenvalue weighted by atomic mass is 10.1. The lowest BCUT2D eigenvalue weighted by molar-refractivity contribution is 0.0697. The number of hydrogen-bond donors (Lipinski definition) is 1. The third-order valence-electron chi connectivity index (χ3n) is 2.56. The number of methoxy groups -OCH3 is 1. The number of carboxylic acid groups (broad SMARTS) is 1. The van der Waals surface area contributed by atoms with Gasteiger partial charge in [0.2, 0.25) is 0 Å². The molecule has 0 unspecified atom stereocenters. The number of benzene rings is 1. The minimum atomic E-state index is -0.996. The van der Waals surface area contributed by atoms with Crippen LogP contribution in [0.1, 0.15) is 20.8 Å². The lowest BCUT2D eigenvalue weighted by Crippen LogP contribution is -2.04. The molecule has 0 aliphatic carbocycles. The second kappa shape index (κ2) is 4.39. The SMILES string of the molecule is COCn1c(C=O)cc2ccc(C(=O)O)cc21. The maximum atomic E-state index is 10.9. The van der Waals surface area contributed by atoms with Crippen LogP contribution in [-0.4, -0.2) is 29.0 Å². The molecule has 1 heterocycles. The molecule has 0 saturated heterocycles. The van der Waals surface area contributed by atoms with Crippen LogP contribution in [0.5, 0.6) is 0 Å². The Labute approximate surface area is 97.2 Å². The first-order valence-corrected chi connectivity index (χ1v) is 4.98. The zero-order valence-electron chi connectivity index (χ0n) is 9.21. The Morgan fingerprint density at radius 3 is 2.82 bits per heavy atom. The van der Waals surface area contributed by atoms with Gasteiger partial charge in [0.05, 0.1) is 16.8 Å². The van der Waals surface area contributed by atoms with Crippen LogP contribution >= 0.6 is 0 Å². The fourth-order valence-electron chi connectivity index (χ4n) is 1.78. The number of carbonyl (C=O) groups is 2. The first-order valence-electron chi connectivity index (χ1n) is 4.98. The summed E-state index contributed by atoms with van der Waals surface area (Å²) in [5.41, 5.74) is 1.32. The van der Waals surface area contributed by atoms with Gasteiger partial charge in [-0.3, -0.25) is 4.79 Å². The molecule has 1 aromatic carbocycles. The van der Waals surface area contributed by atoms with Crippen molar-refractivity contribution in [1.82, 2.24) is 4.57 Å². The third-order valence-corrected chi connectivity index (χ3v) is 2.56. The molecular weight excluding hydrogens is 222 g/mol. The van der Waals surface area contributed by atoms with Crippen molar-refractivity contribution in [3.05, 3.63) is 35.5 Å². The van der Waals surface area contributed by atoms with E-state index >= 15 is 0 Å². The maximum absolute atomic E-state index is 10.9. The number of nitrogens with zero attached hydrogens (tertiary/aromatic N) is 1. The highest BCUT2D eigenvalue weighted by molar-refractivity contribution is 5.95. The molecule has 88 valence electrons. The van der Waals surface area contributed by atoms with Crippen LogP contribution in [0.25, 0.3) is 10.9 Å². The van der Waals surface area contributed by atoms with Crippen LogP contribution in [0.3, 0.4) is 0 Å². The Morgan fingerprint density at radius 1 is 1.47 bits per heavy atom. The molecule has 0 spiro atoms. The fraction of sp³-hybridized carbons (Fsp3) is 0.167. The highest BCUT2D eigenvalue weighted by atomic mass is 16.5. The van der Waals surface area contributed by atoms with E-state index in [0.717, 1.165) is 11.7 Å². The van der Waals surface area contributed by atoms with Crippen molar-refractivity contribution in [2.45, 2.75) is 6.73 Å². The smallest absolute Gasteiger partial charge is 0.335 e. The number of aldehydes is 1. The van der Waals surface area contributed by atoms with Crippen molar-refractivity contribution >= 4 is 23.2 Å². The van der Waals surface area contributed by atoms with Gasteiger partial charge in [-0.2, -0.15) is 0 Å². The summed E-state index contributed by atoms with van der Waals surface area (Å²) in [5.74, 6) is -0.996. The number of fused-ring (bicyclic) bond motifs is 1. The van der Waals surface area contributed by atoms with Crippen molar-refractivity contribution in [2.24, 2.45) is 0 Å². The van der Waals surface area contributed by atoms with E-state index in [0.29, 0.717) is 11.2 Å². The largest absolute Gasteiger partial charge is 0.478 e. The minimum Gasteiger partial charge on any atom is -0.478 e. The van der Waals surface area contributed by atoms with Crippen molar-refractivity contribution < 1.29 is 19.4 Å². The summed E-state index contributed by atoms with van der Waals surface area (Å²) in [4.78, 5) is 21.8. The minimum absolute atomic E-state index is 0.186. The molecule has 0 aliphatic heterocycles. The Bertz CT molecular complexity index is 585. The summed E-state index contributed by atoms with van der Waals surface area (Å²) in [6.07, 6.45) is 0.722. The van der Waals surface area contributed by atoms with Crippen LogP contribution in [0, 0.1) is 0 Å². The zero-order chi connectivity index (χ0) is 12.4. The molecule has 0 fully saturated rings. The second-order valence-electron chi connectivity index (χ2n) is 3.61. The predicted octanol–water partition coefficient (Wildman–Crippen LogP) is 1.76. The van der Waals surface area contributed by atoms with E-state index in [4.69, 9.17) is 9.84 Å². The first kappa shape index (κ1) is 11.3. The van der Waals surface area contributed by atoms with Gasteiger partial charge in [0.25, 0.3) is 0 Å². The van der Waals surface area contributed by atoms with E-state index in [2.05, 4.69) is 0 Å². The van der Waals surface area contributed by atoms with Gasteiger partial charge in [-0.1, -0.05) is 6.07 Å². The molecule has 0 bridgehead atoms. The molecule has 1 N–H and O–H groups in total. The Kier molecular flexibility index (Phi) is 2.93. The molecule has 0 aliphatic rings. The van der Waals surface area contributed by atoms with Crippen LogP contribution in [-0.2, 0) is 11.5 Å². The van der Waals surface area contributed by atoms with Gasteiger partial charge >= 0.3 is 5.97 Å². The van der Waals surface area contributed by atoms with Gasteiger partial charge in [0, 0.05) is 12.5 Å². The summed E-state index contributed by atoms with van der Waals surface area (Å²) in [5, 5.41) is 9.73. The van der Waals surface area contributed by atoms with Crippen molar-refractivity contribution in [1.29, 1.82) is 0 Å². The van der Waals surface area contributed by atoms with Gasteiger partial charge in [0.1, 0.15) is 6.73 Å². The van der Waals surface area contributed by atoms with E-state index in [1.807, 2.05) is 0 Å². The van der Waals surface area contributed by atoms with Gasteiger partial charge in [0.15, 0.2) is 6.29 Å². The number of rotatable bonds is 4. The highest BCUT2D eigenvalue weighted by Gasteiger charge is 2.10. The molecule has 17 heavy (non-hydrogen) atoms. The molecule has 1 aromatic heterocycles. The van der Waals surface area contributed by atoms with Gasteiger partial charge in [-0.05, 0) is 18.2 Å². The number of aromatic carboxylic acids is 1. The average molecular weight is 233 g/mol. The average Bonchev–Trinajstić information content (AvgIpc) is 2.67. The van der Waals surface area contributed by atoms with Crippen LogP contribution in [0.2, 0.25) is 0 Å². The Hall–Kier alpha value is -2.14. The molecule has 5 nitrogen and oxygen atoms in total. The van der Waals surface area contributed by atoms with E-state index in [1.165, 1.54) is 19.2 Å². The van der Waals surface area contributed by atoms with Gasteiger partial charge in [-0.25, -0.2) is 4.79 Å². The summed E-state index contributed by atoms with van der Waals surface area (Å²) in [6, 6.07) is 6.42. The Morgan fingerprint density at radius 2 is 2.24 bits per heavy atom. The molecule has 2 aromatic rings. The van der Waals surface area contributed by atoms with E-state index in [9.17, 15) is 9.59 Å². The number of aromatic nitrogens is 1. The van der Waals surface area contributed by atoms with Gasteiger partial charge < -0.3 is 14.4 Å². The van der Waals surface area contributed by atoms with Crippen molar-refractivity contribution in [2.75, 3.05) is 7.11 Å². The number of carboxylic acids is 1. The van der Waals surface area contributed by atoms with Crippen LogP contribution < -0.4 is 0 Å². The van der Waals surface area contributed by atoms with E-state index < -0.39 is 5.97 Å². The summed E-state index contributed by atoms with van der Waals surface area (Å²) >= 11 is 0. The molecule has 2 rings (SSSR count). The summed E-state index contributed by atoms with van der Waals surface area (Å²) in [6.45, 7) is 0.209. The fourth-order valence-corrected chi connectivity index (χ4v) is 1.78. The molecule has 0 saturated carbocycles. The number of carbonyl (C=O) groups excluding carboxylic acids is 1. The number of ether oxygens (including phenoxy) is 1. The monoisotopic (exact) mass is 233 g/mol. The maximum Gasteiger partial charge on any atom is 0.335 e. The predicted molar refractivity (Wildman–Crippen MR) is 61.3 cm³/mol. The molecule has 0 amide bonds. The Balaban J connectivity index is 2.68. The second-order valence-corrected chi connectivity index (χ2v) is 3.61. The normalized spacial score (nSPS) is 10.6. The number of hydrogen-bond acceptors (Lipinski definition) is 3. The molecular formula is C12H11NO4. The van der Waals surface area contributed by atoms with Crippen LogP contribution in [0.15, 0.2) is 24.3 Å². The molecule has 0 atom stereocenters. The van der Waals surface area contributed by atoms with Crippen LogP contribution in [0.4, 0.5) is 0 Å².